The summed E-state index contributed by atoms with van der Waals surface area (Å²) in [5.41, 5.74) is 8.03. The van der Waals surface area contributed by atoms with Crippen LogP contribution in [0, 0.1) is 17.2 Å². The molecule has 0 saturated heterocycles. The molecule has 1 aromatic carbocycles. The Morgan fingerprint density at radius 2 is 2.15 bits per heavy atom. The molecule has 2 heteroatoms. The van der Waals surface area contributed by atoms with Gasteiger partial charge in [0.2, 0.25) is 0 Å². The van der Waals surface area contributed by atoms with Crippen LogP contribution in [0.4, 0.5) is 5.69 Å². The molecule has 1 rings (SSSR count). The first kappa shape index (κ1) is 9.60. The topological polar surface area (TPSA) is 49.8 Å². The van der Waals surface area contributed by atoms with Crippen LogP contribution in [0.1, 0.15) is 25.0 Å². The maximum atomic E-state index is 8.85. The summed E-state index contributed by atoms with van der Waals surface area (Å²) in [6.07, 6.45) is 0.934. The number of hydrogen-bond acceptors (Lipinski definition) is 2. The number of nitrogens with zero attached hydrogens (tertiary/aromatic N) is 1. The van der Waals surface area contributed by atoms with Gasteiger partial charge in [-0.15, -0.1) is 0 Å². The molecule has 2 N–H and O–H groups in total. The Hall–Kier alpha value is -1.49. The number of anilines is 1. The van der Waals surface area contributed by atoms with Crippen molar-refractivity contribution >= 4 is 5.69 Å². The quantitative estimate of drug-likeness (QED) is 0.699. The second-order valence-corrected chi connectivity index (χ2v) is 3.63. The minimum Gasteiger partial charge on any atom is -0.399 e. The number of benzene rings is 1. The summed E-state index contributed by atoms with van der Waals surface area (Å²) in [7, 11) is 0. The lowest BCUT2D eigenvalue weighted by Crippen LogP contribution is -1.98. The summed E-state index contributed by atoms with van der Waals surface area (Å²) < 4.78 is 0. The molecule has 68 valence electrons. The molecule has 1 aromatic rings. The van der Waals surface area contributed by atoms with Crippen LogP contribution in [-0.2, 0) is 6.42 Å². The lowest BCUT2D eigenvalue weighted by atomic mass is 9.98. The predicted molar refractivity (Wildman–Crippen MR) is 54.1 cm³/mol. The molecule has 2 nitrogen and oxygen atoms in total. The first-order chi connectivity index (χ1) is 6.13. The van der Waals surface area contributed by atoms with Gasteiger partial charge in [0, 0.05) is 5.69 Å². The Morgan fingerprint density at radius 3 is 2.69 bits per heavy atom. The minimum absolute atomic E-state index is 0.565. The van der Waals surface area contributed by atoms with Crippen LogP contribution in [0.3, 0.4) is 0 Å². The van der Waals surface area contributed by atoms with E-state index in [9.17, 15) is 0 Å². The molecule has 0 aromatic heterocycles. The normalized spacial score (nSPS) is 10.0. The fourth-order valence-corrected chi connectivity index (χ4v) is 1.32. The predicted octanol–water partition coefficient (Wildman–Crippen LogP) is 2.34. The number of hydrogen-bond donors (Lipinski definition) is 1. The van der Waals surface area contributed by atoms with E-state index in [1.807, 2.05) is 12.1 Å². The molecule has 0 saturated carbocycles. The van der Waals surface area contributed by atoms with E-state index in [0.29, 0.717) is 17.2 Å². The van der Waals surface area contributed by atoms with Gasteiger partial charge >= 0.3 is 0 Å². The second kappa shape index (κ2) is 3.95. The SMILES string of the molecule is CC(C)Cc1ccc(N)cc1C#N. The first-order valence-electron chi connectivity index (χ1n) is 4.42. The maximum absolute atomic E-state index is 8.85. The molecule has 0 heterocycles. The molecule has 0 aliphatic heterocycles. The maximum Gasteiger partial charge on any atom is 0.0995 e. The van der Waals surface area contributed by atoms with Gasteiger partial charge in [-0.3, -0.25) is 0 Å². The van der Waals surface area contributed by atoms with E-state index in [2.05, 4.69) is 19.9 Å². The van der Waals surface area contributed by atoms with E-state index >= 15 is 0 Å². The van der Waals surface area contributed by atoms with Crippen LogP contribution in [0.15, 0.2) is 18.2 Å². The van der Waals surface area contributed by atoms with Crippen molar-refractivity contribution in [1.82, 2.24) is 0 Å². The Balaban J connectivity index is 3.01. The average Bonchev–Trinajstić information content (AvgIpc) is 2.07. The summed E-state index contributed by atoms with van der Waals surface area (Å²) in [6.45, 7) is 4.27. The molecule has 0 bridgehead atoms. The molecule has 0 radical (unpaired) electrons. The molecule has 0 aliphatic carbocycles. The Kier molecular flexibility index (Phi) is 2.92. The van der Waals surface area contributed by atoms with Crippen molar-refractivity contribution in [2.24, 2.45) is 5.92 Å². The van der Waals surface area contributed by atoms with Crippen LogP contribution < -0.4 is 5.73 Å². The molecule has 0 spiro atoms. The molecule has 0 fully saturated rings. The third-order valence-corrected chi connectivity index (χ3v) is 1.88. The highest BCUT2D eigenvalue weighted by Crippen LogP contribution is 2.16. The smallest absolute Gasteiger partial charge is 0.0995 e. The summed E-state index contributed by atoms with van der Waals surface area (Å²) in [5.74, 6) is 0.565. The highest BCUT2D eigenvalue weighted by molar-refractivity contribution is 5.49. The van der Waals surface area contributed by atoms with Gasteiger partial charge < -0.3 is 5.73 Å². The van der Waals surface area contributed by atoms with Crippen LogP contribution in [0.2, 0.25) is 0 Å². The van der Waals surface area contributed by atoms with Crippen molar-refractivity contribution in [3.8, 4) is 6.07 Å². The van der Waals surface area contributed by atoms with Crippen LogP contribution in [0.5, 0.6) is 0 Å². The van der Waals surface area contributed by atoms with Gasteiger partial charge in [-0.25, -0.2) is 0 Å². The Morgan fingerprint density at radius 1 is 1.46 bits per heavy atom. The summed E-state index contributed by atoms with van der Waals surface area (Å²) >= 11 is 0. The van der Waals surface area contributed by atoms with Gasteiger partial charge in [-0.1, -0.05) is 19.9 Å². The van der Waals surface area contributed by atoms with Gasteiger partial charge in [-0.05, 0) is 30.0 Å². The lowest BCUT2D eigenvalue weighted by molar-refractivity contribution is 0.646. The third kappa shape index (κ3) is 2.48. The van der Waals surface area contributed by atoms with Crippen molar-refractivity contribution < 1.29 is 0 Å². The van der Waals surface area contributed by atoms with Gasteiger partial charge in [0.05, 0.1) is 11.6 Å². The van der Waals surface area contributed by atoms with E-state index in [0.717, 1.165) is 12.0 Å². The number of nitrogens with two attached hydrogens (primary N) is 1. The number of nitriles is 1. The van der Waals surface area contributed by atoms with Crippen molar-refractivity contribution in [2.75, 3.05) is 5.73 Å². The minimum atomic E-state index is 0.565. The highest BCUT2D eigenvalue weighted by Gasteiger charge is 2.04. The molecule has 0 unspecified atom stereocenters. The zero-order chi connectivity index (χ0) is 9.84. The average molecular weight is 174 g/mol. The molecule has 0 atom stereocenters. The Bertz CT molecular complexity index is 334. The summed E-state index contributed by atoms with van der Waals surface area (Å²) in [4.78, 5) is 0. The first-order valence-corrected chi connectivity index (χ1v) is 4.42. The monoisotopic (exact) mass is 174 g/mol. The molecule has 0 aliphatic rings. The zero-order valence-electron chi connectivity index (χ0n) is 8.04. The van der Waals surface area contributed by atoms with E-state index in [1.54, 1.807) is 6.07 Å². The van der Waals surface area contributed by atoms with E-state index in [1.165, 1.54) is 0 Å². The fourth-order valence-electron chi connectivity index (χ4n) is 1.32. The third-order valence-electron chi connectivity index (χ3n) is 1.88. The van der Waals surface area contributed by atoms with E-state index < -0.39 is 0 Å². The van der Waals surface area contributed by atoms with Crippen LogP contribution >= 0.6 is 0 Å². The van der Waals surface area contributed by atoms with E-state index in [-0.39, 0.29) is 0 Å². The molecule has 13 heavy (non-hydrogen) atoms. The highest BCUT2D eigenvalue weighted by atomic mass is 14.5. The Labute approximate surface area is 79.0 Å². The largest absolute Gasteiger partial charge is 0.399 e. The zero-order valence-corrected chi connectivity index (χ0v) is 8.04. The van der Waals surface area contributed by atoms with E-state index in [4.69, 9.17) is 11.0 Å². The second-order valence-electron chi connectivity index (χ2n) is 3.63. The molecule has 0 amide bonds. The number of rotatable bonds is 2. The standard InChI is InChI=1S/C11H14N2/c1-8(2)5-9-3-4-11(13)6-10(9)7-12/h3-4,6,8H,5,13H2,1-2H3. The van der Waals surface area contributed by atoms with Crippen molar-refractivity contribution in [2.45, 2.75) is 20.3 Å². The van der Waals surface area contributed by atoms with Crippen LogP contribution in [0.25, 0.3) is 0 Å². The van der Waals surface area contributed by atoms with Gasteiger partial charge in [0.15, 0.2) is 0 Å². The van der Waals surface area contributed by atoms with Gasteiger partial charge in [0.25, 0.3) is 0 Å². The van der Waals surface area contributed by atoms with Crippen molar-refractivity contribution in [1.29, 1.82) is 5.26 Å². The summed E-state index contributed by atoms with van der Waals surface area (Å²) in [6, 6.07) is 7.68. The number of nitrogen functional groups attached to an aromatic ring is 1. The van der Waals surface area contributed by atoms with Gasteiger partial charge in [0.1, 0.15) is 0 Å². The lowest BCUT2D eigenvalue weighted by Gasteiger charge is -2.07. The van der Waals surface area contributed by atoms with Crippen molar-refractivity contribution in [3.05, 3.63) is 29.3 Å². The van der Waals surface area contributed by atoms with Crippen LogP contribution in [-0.4, -0.2) is 0 Å². The molecular weight excluding hydrogens is 160 g/mol. The summed E-state index contributed by atoms with van der Waals surface area (Å²) in [5, 5.41) is 8.85. The van der Waals surface area contributed by atoms with Gasteiger partial charge in [-0.2, -0.15) is 5.26 Å². The van der Waals surface area contributed by atoms with Crippen molar-refractivity contribution in [3.63, 3.8) is 0 Å². The molecular formula is C11H14N2. The fraction of sp³-hybridized carbons (Fsp3) is 0.364.